The van der Waals surface area contributed by atoms with Gasteiger partial charge in [0.15, 0.2) is 0 Å². The van der Waals surface area contributed by atoms with Crippen molar-refractivity contribution in [3.8, 4) is 11.1 Å². The van der Waals surface area contributed by atoms with Crippen molar-refractivity contribution < 1.29 is 51.0 Å². The molecule has 0 N–H and O–H groups in total. The molecule has 0 atom stereocenters. The topological polar surface area (TPSA) is 0 Å². The van der Waals surface area contributed by atoms with Crippen LogP contribution in [0.25, 0.3) is 11.1 Å². The molecule has 0 amide bonds. The molecule has 0 heterocycles. The molecule has 0 fully saturated rings. The van der Waals surface area contributed by atoms with Gasteiger partial charge >= 0.3 is 26.2 Å². The summed E-state index contributed by atoms with van der Waals surface area (Å²) in [4.78, 5) is 0. The maximum absolute atomic E-state index is 3.30. The summed E-state index contributed by atoms with van der Waals surface area (Å²) in [6.45, 7) is 2.08. The molecule has 0 unspecified atom stereocenters. The largest absolute Gasteiger partial charge is 4.00 e. The Morgan fingerprint density at radius 1 is 0.955 bits per heavy atom. The number of halogens is 2. The summed E-state index contributed by atoms with van der Waals surface area (Å²) in [5, 5.41) is 0. The van der Waals surface area contributed by atoms with Crippen molar-refractivity contribution in [1.29, 1.82) is 0 Å². The second kappa shape index (κ2) is 10.2. The van der Waals surface area contributed by atoms with Crippen molar-refractivity contribution in [3.63, 3.8) is 0 Å². The zero-order valence-corrected chi connectivity index (χ0v) is 16.3. The number of rotatable bonds is 0. The summed E-state index contributed by atoms with van der Waals surface area (Å²) in [6.07, 6.45) is 9.29. The van der Waals surface area contributed by atoms with Gasteiger partial charge in [-0.15, -0.1) is 18.9 Å². The van der Waals surface area contributed by atoms with Crippen LogP contribution in [-0.4, -0.2) is 0 Å². The van der Waals surface area contributed by atoms with Crippen molar-refractivity contribution in [2.24, 2.45) is 0 Å². The summed E-state index contributed by atoms with van der Waals surface area (Å²) in [6, 6.07) is 18.1. The first kappa shape index (κ1) is 21.4. The van der Waals surface area contributed by atoms with E-state index >= 15 is 0 Å². The molecule has 110 valence electrons. The molecular formula is C19H16Cl2Zr. The molecule has 0 saturated heterocycles. The average molecular weight is 406 g/mol. The van der Waals surface area contributed by atoms with E-state index in [0.717, 1.165) is 12.8 Å². The Labute approximate surface area is 164 Å². The van der Waals surface area contributed by atoms with Crippen molar-refractivity contribution >= 4 is 0 Å². The number of fused-ring (bicyclic) bond motifs is 3. The predicted octanol–water partition coefficient (Wildman–Crippen LogP) is -1.24. The Balaban J connectivity index is 0.000000429. The van der Waals surface area contributed by atoms with E-state index in [1.165, 1.54) is 27.8 Å². The van der Waals surface area contributed by atoms with Crippen LogP contribution >= 0.6 is 0 Å². The number of hydrogen-bond acceptors (Lipinski definition) is 0. The standard InChI is InChI=1S/C13H9.C6H7.2ClH.Zr/c1-3-7-12-10(5-1)9-11-6-2-4-8-13(11)12;1-6-4-2-3-5-6;;;/h1-5,7-8H,9H2;4-5H,2H2,1H3;2*1H;/q2*-1;;;+4/p-2. The van der Waals surface area contributed by atoms with Gasteiger partial charge in [0.25, 0.3) is 0 Å². The van der Waals surface area contributed by atoms with Gasteiger partial charge in [0.2, 0.25) is 0 Å². The molecule has 0 spiro atoms. The van der Waals surface area contributed by atoms with E-state index < -0.39 is 0 Å². The van der Waals surface area contributed by atoms with E-state index in [-0.39, 0.29) is 51.0 Å². The molecule has 2 aromatic carbocycles. The first-order valence-electron chi connectivity index (χ1n) is 6.66. The minimum atomic E-state index is 0. The van der Waals surface area contributed by atoms with E-state index in [1.807, 2.05) is 12.1 Å². The van der Waals surface area contributed by atoms with Gasteiger partial charge in [-0.05, 0) is 6.42 Å². The van der Waals surface area contributed by atoms with Crippen molar-refractivity contribution in [2.45, 2.75) is 19.8 Å². The molecule has 0 bridgehead atoms. The van der Waals surface area contributed by atoms with Crippen LogP contribution in [0, 0.1) is 12.1 Å². The maximum Gasteiger partial charge on any atom is 4.00 e. The van der Waals surface area contributed by atoms with E-state index in [0.29, 0.717) is 0 Å². The minimum Gasteiger partial charge on any atom is -1.00 e. The normalized spacial score (nSPS) is 12.3. The van der Waals surface area contributed by atoms with Crippen LogP contribution < -0.4 is 24.8 Å². The first-order chi connectivity index (χ1) is 9.34. The molecule has 0 saturated carbocycles. The summed E-state index contributed by atoms with van der Waals surface area (Å²) in [5.74, 6) is 0. The van der Waals surface area contributed by atoms with E-state index in [9.17, 15) is 0 Å². The SMILES string of the molecule is CC1=CC[C-]=C1.[Cl-].[Cl-].[Zr+4].[c-]1cccc2c1Cc1ccccc1-2. The molecule has 4 rings (SSSR count). The molecule has 2 aliphatic rings. The second-order valence-corrected chi connectivity index (χ2v) is 4.90. The fourth-order valence-electron chi connectivity index (χ4n) is 2.50. The van der Waals surface area contributed by atoms with Crippen LogP contribution in [0.1, 0.15) is 24.5 Å². The average Bonchev–Trinajstić information content (AvgIpc) is 3.06. The quantitative estimate of drug-likeness (QED) is 0.410. The number of allylic oxidation sites excluding steroid dienone is 4. The van der Waals surface area contributed by atoms with Crippen molar-refractivity contribution in [1.82, 2.24) is 0 Å². The summed E-state index contributed by atoms with van der Waals surface area (Å²) in [5.41, 5.74) is 6.85. The monoisotopic (exact) mass is 404 g/mol. The van der Waals surface area contributed by atoms with Gasteiger partial charge < -0.3 is 24.8 Å². The van der Waals surface area contributed by atoms with E-state index in [2.05, 4.69) is 61.5 Å². The fourth-order valence-corrected chi connectivity index (χ4v) is 2.50. The minimum absolute atomic E-state index is 0. The molecule has 0 nitrogen and oxygen atoms in total. The van der Waals surface area contributed by atoms with Crippen LogP contribution in [0.4, 0.5) is 0 Å². The van der Waals surface area contributed by atoms with Gasteiger partial charge in [0, 0.05) is 0 Å². The molecule has 3 heteroatoms. The Kier molecular flexibility index (Phi) is 9.93. The van der Waals surface area contributed by atoms with E-state index in [1.54, 1.807) is 0 Å². The Bertz CT molecular complexity index is 614. The predicted molar refractivity (Wildman–Crippen MR) is 79.7 cm³/mol. The van der Waals surface area contributed by atoms with Crippen LogP contribution in [0.15, 0.2) is 60.2 Å². The molecule has 0 aromatic heterocycles. The van der Waals surface area contributed by atoms with Crippen molar-refractivity contribution in [3.05, 3.63) is 83.5 Å². The smallest absolute Gasteiger partial charge is 1.00 e. The van der Waals surface area contributed by atoms with E-state index in [4.69, 9.17) is 0 Å². The summed E-state index contributed by atoms with van der Waals surface area (Å²) >= 11 is 0. The maximum atomic E-state index is 3.30. The Morgan fingerprint density at radius 3 is 2.32 bits per heavy atom. The summed E-state index contributed by atoms with van der Waals surface area (Å²) < 4.78 is 0. The van der Waals surface area contributed by atoms with Crippen LogP contribution in [0.3, 0.4) is 0 Å². The first-order valence-corrected chi connectivity index (χ1v) is 6.66. The third-order valence-corrected chi connectivity index (χ3v) is 3.49. The third-order valence-electron chi connectivity index (χ3n) is 3.49. The summed E-state index contributed by atoms with van der Waals surface area (Å²) in [7, 11) is 0. The molecule has 22 heavy (non-hydrogen) atoms. The van der Waals surface area contributed by atoms with Crippen molar-refractivity contribution in [2.75, 3.05) is 0 Å². The molecule has 0 radical (unpaired) electrons. The van der Waals surface area contributed by atoms with Gasteiger partial charge in [-0.25, -0.2) is 11.6 Å². The molecular weight excluding hydrogens is 390 g/mol. The molecule has 2 aromatic rings. The number of benzene rings is 2. The van der Waals surface area contributed by atoms with Gasteiger partial charge in [-0.2, -0.15) is 35.9 Å². The Morgan fingerprint density at radius 2 is 1.68 bits per heavy atom. The third kappa shape index (κ3) is 4.95. The van der Waals surface area contributed by atoms with Gasteiger partial charge in [0.1, 0.15) is 0 Å². The van der Waals surface area contributed by atoms with Gasteiger partial charge in [-0.3, -0.25) is 6.08 Å². The molecule has 0 aliphatic heterocycles. The number of hydrogen-bond donors (Lipinski definition) is 0. The Hall–Kier alpha value is -0.617. The van der Waals surface area contributed by atoms with Gasteiger partial charge in [-0.1, -0.05) is 35.4 Å². The van der Waals surface area contributed by atoms with Crippen LogP contribution in [0.2, 0.25) is 0 Å². The van der Waals surface area contributed by atoms with Crippen LogP contribution in [-0.2, 0) is 32.6 Å². The van der Waals surface area contributed by atoms with Crippen LogP contribution in [0.5, 0.6) is 0 Å². The van der Waals surface area contributed by atoms with Gasteiger partial charge in [0.05, 0.1) is 0 Å². The zero-order valence-electron chi connectivity index (χ0n) is 12.4. The molecule has 2 aliphatic carbocycles. The second-order valence-electron chi connectivity index (χ2n) is 4.90. The zero-order chi connectivity index (χ0) is 13.1. The fraction of sp³-hybridized carbons (Fsp3) is 0.158.